The van der Waals surface area contributed by atoms with Crippen molar-refractivity contribution in [3.63, 3.8) is 0 Å². The van der Waals surface area contributed by atoms with E-state index in [1.165, 1.54) is 12.8 Å². The van der Waals surface area contributed by atoms with E-state index in [0.717, 1.165) is 29.7 Å². The van der Waals surface area contributed by atoms with Crippen LogP contribution in [0.25, 0.3) is 0 Å². The number of nitrogens with one attached hydrogen (secondary N) is 1. The maximum Gasteiger partial charge on any atom is 0.0634 e. The molecule has 2 rings (SSSR count). The Kier molecular flexibility index (Phi) is 4.37. The first-order chi connectivity index (χ1) is 8.18. The Balaban J connectivity index is 1.73. The third-order valence-electron chi connectivity index (χ3n) is 3.43. The number of nitrogens with zero attached hydrogens (tertiary/aromatic N) is 2. The Labute approximate surface area is 108 Å². The Morgan fingerprint density at radius 1 is 1.59 bits per heavy atom. The third kappa shape index (κ3) is 3.66. The molecule has 0 amide bonds. The molecule has 0 aliphatic heterocycles. The van der Waals surface area contributed by atoms with Gasteiger partial charge >= 0.3 is 0 Å². The molecule has 1 fully saturated rings. The van der Waals surface area contributed by atoms with E-state index in [0.29, 0.717) is 6.04 Å². The minimum absolute atomic E-state index is 0.572. The van der Waals surface area contributed by atoms with Gasteiger partial charge in [0.15, 0.2) is 0 Å². The number of pyridine rings is 1. The molecule has 1 unspecified atom stereocenters. The molecular formula is C13H20ClN3. The van der Waals surface area contributed by atoms with E-state index < -0.39 is 0 Å². The maximum absolute atomic E-state index is 6.05. The van der Waals surface area contributed by atoms with Crippen molar-refractivity contribution >= 4 is 11.6 Å². The number of likely N-dealkylation sites (N-methyl/N-ethyl adjacent to an activating group) is 1. The summed E-state index contributed by atoms with van der Waals surface area (Å²) in [5.41, 5.74) is 1.11. The molecule has 0 radical (unpaired) electrons. The van der Waals surface area contributed by atoms with Gasteiger partial charge in [-0.25, -0.2) is 0 Å². The predicted molar refractivity (Wildman–Crippen MR) is 71.2 cm³/mol. The molecule has 1 saturated carbocycles. The van der Waals surface area contributed by atoms with Gasteiger partial charge in [0.2, 0.25) is 0 Å². The lowest BCUT2D eigenvalue weighted by molar-refractivity contribution is 0.241. The summed E-state index contributed by atoms with van der Waals surface area (Å²) >= 11 is 6.05. The van der Waals surface area contributed by atoms with Gasteiger partial charge in [0.1, 0.15) is 0 Å². The van der Waals surface area contributed by atoms with Crippen molar-refractivity contribution in [3.8, 4) is 0 Å². The molecule has 1 aliphatic carbocycles. The number of rotatable bonds is 6. The van der Waals surface area contributed by atoms with Crippen LogP contribution in [0.4, 0.5) is 0 Å². The second kappa shape index (κ2) is 5.80. The highest BCUT2D eigenvalue weighted by molar-refractivity contribution is 6.31. The van der Waals surface area contributed by atoms with Crippen molar-refractivity contribution in [2.45, 2.75) is 38.4 Å². The first-order valence-electron chi connectivity index (χ1n) is 6.19. The fraction of sp³-hybridized carbons (Fsp3) is 0.615. The molecule has 1 aliphatic rings. The van der Waals surface area contributed by atoms with E-state index in [9.17, 15) is 0 Å². The minimum atomic E-state index is 0.572. The average molecular weight is 254 g/mol. The van der Waals surface area contributed by atoms with Crippen LogP contribution in [0.2, 0.25) is 5.02 Å². The number of halogens is 1. The Hall–Kier alpha value is -0.640. The zero-order chi connectivity index (χ0) is 12.3. The van der Waals surface area contributed by atoms with Gasteiger partial charge in [0, 0.05) is 37.6 Å². The quantitative estimate of drug-likeness (QED) is 0.843. The van der Waals surface area contributed by atoms with Crippen LogP contribution >= 0.6 is 11.6 Å². The molecule has 0 bridgehead atoms. The van der Waals surface area contributed by atoms with Crippen LogP contribution in [-0.4, -0.2) is 35.6 Å². The fourth-order valence-electron chi connectivity index (χ4n) is 1.95. The molecule has 1 N–H and O–H groups in total. The second-order valence-corrected chi connectivity index (χ2v) is 5.25. The second-order valence-electron chi connectivity index (χ2n) is 4.84. The number of aromatic nitrogens is 1. The van der Waals surface area contributed by atoms with Crippen molar-refractivity contribution in [2.75, 3.05) is 13.6 Å². The smallest absolute Gasteiger partial charge is 0.0634 e. The van der Waals surface area contributed by atoms with Gasteiger partial charge in [-0.15, -0.1) is 0 Å². The lowest BCUT2D eigenvalue weighted by Crippen LogP contribution is -2.38. The van der Waals surface area contributed by atoms with Gasteiger partial charge in [0.25, 0.3) is 0 Å². The average Bonchev–Trinajstić information content (AvgIpc) is 3.14. The molecule has 0 aromatic carbocycles. The lowest BCUT2D eigenvalue weighted by atomic mass is 10.2. The highest BCUT2D eigenvalue weighted by Gasteiger charge is 2.28. The molecule has 1 heterocycles. The van der Waals surface area contributed by atoms with Crippen molar-refractivity contribution in [1.82, 2.24) is 15.2 Å². The first-order valence-corrected chi connectivity index (χ1v) is 6.57. The summed E-state index contributed by atoms with van der Waals surface area (Å²) in [6, 6.07) is 3.35. The summed E-state index contributed by atoms with van der Waals surface area (Å²) in [6.45, 7) is 4.06. The van der Waals surface area contributed by atoms with Gasteiger partial charge in [-0.3, -0.25) is 9.88 Å². The molecule has 0 saturated heterocycles. The summed E-state index contributed by atoms with van der Waals surface area (Å²) in [6.07, 6.45) is 6.19. The van der Waals surface area contributed by atoms with Crippen molar-refractivity contribution in [2.24, 2.45) is 0 Å². The maximum atomic E-state index is 6.05. The summed E-state index contributed by atoms with van der Waals surface area (Å²) in [5.74, 6) is 0. The zero-order valence-corrected chi connectivity index (χ0v) is 11.2. The monoisotopic (exact) mass is 253 g/mol. The van der Waals surface area contributed by atoms with Crippen molar-refractivity contribution in [1.29, 1.82) is 0 Å². The summed E-state index contributed by atoms with van der Waals surface area (Å²) < 4.78 is 0. The van der Waals surface area contributed by atoms with E-state index in [1.54, 1.807) is 12.4 Å². The molecule has 17 heavy (non-hydrogen) atoms. The highest BCUT2D eigenvalue weighted by Crippen LogP contribution is 2.26. The summed E-state index contributed by atoms with van der Waals surface area (Å²) in [4.78, 5) is 6.44. The molecule has 1 atom stereocenters. The molecule has 94 valence electrons. The van der Waals surface area contributed by atoms with Crippen LogP contribution in [0, 0.1) is 0 Å². The normalized spacial score (nSPS) is 17.4. The van der Waals surface area contributed by atoms with Gasteiger partial charge < -0.3 is 5.32 Å². The van der Waals surface area contributed by atoms with Gasteiger partial charge in [-0.1, -0.05) is 11.6 Å². The Morgan fingerprint density at radius 2 is 2.35 bits per heavy atom. The van der Waals surface area contributed by atoms with E-state index >= 15 is 0 Å². The molecular weight excluding hydrogens is 234 g/mol. The van der Waals surface area contributed by atoms with E-state index in [2.05, 4.69) is 29.2 Å². The van der Waals surface area contributed by atoms with E-state index in [1.807, 2.05) is 6.07 Å². The molecule has 3 nitrogen and oxygen atoms in total. The Morgan fingerprint density at radius 3 is 3.00 bits per heavy atom. The molecule has 1 aromatic heterocycles. The first kappa shape index (κ1) is 12.8. The number of hydrogen-bond acceptors (Lipinski definition) is 3. The largest absolute Gasteiger partial charge is 0.311 e. The van der Waals surface area contributed by atoms with Crippen LogP contribution in [-0.2, 0) is 6.54 Å². The minimum Gasteiger partial charge on any atom is -0.311 e. The third-order valence-corrected chi connectivity index (χ3v) is 3.77. The fourth-order valence-corrected chi connectivity index (χ4v) is 2.13. The highest BCUT2D eigenvalue weighted by atomic mass is 35.5. The van der Waals surface area contributed by atoms with E-state index in [-0.39, 0.29) is 0 Å². The standard InChI is InChI=1S/C13H20ClN3/c1-10(17(2)12-3-4-12)7-16-8-11-5-6-15-9-13(11)14/h5-6,9-10,12,16H,3-4,7-8H2,1-2H3. The lowest BCUT2D eigenvalue weighted by Gasteiger charge is -2.24. The Bertz CT molecular complexity index is 365. The molecule has 0 spiro atoms. The van der Waals surface area contributed by atoms with Crippen LogP contribution in [0.5, 0.6) is 0 Å². The molecule has 1 aromatic rings. The predicted octanol–water partition coefficient (Wildman–Crippen LogP) is 2.31. The van der Waals surface area contributed by atoms with Crippen LogP contribution in [0.15, 0.2) is 18.5 Å². The van der Waals surface area contributed by atoms with Gasteiger partial charge in [0.05, 0.1) is 5.02 Å². The van der Waals surface area contributed by atoms with E-state index in [4.69, 9.17) is 11.6 Å². The van der Waals surface area contributed by atoms with Gasteiger partial charge in [-0.2, -0.15) is 0 Å². The van der Waals surface area contributed by atoms with Crippen LogP contribution in [0.3, 0.4) is 0 Å². The van der Waals surface area contributed by atoms with Crippen molar-refractivity contribution < 1.29 is 0 Å². The van der Waals surface area contributed by atoms with Crippen LogP contribution < -0.4 is 5.32 Å². The number of hydrogen-bond donors (Lipinski definition) is 1. The van der Waals surface area contributed by atoms with Crippen LogP contribution in [0.1, 0.15) is 25.3 Å². The summed E-state index contributed by atoms with van der Waals surface area (Å²) in [5, 5.41) is 4.19. The van der Waals surface area contributed by atoms with Gasteiger partial charge in [-0.05, 0) is 38.4 Å². The van der Waals surface area contributed by atoms with Crippen molar-refractivity contribution in [3.05, 3.63) is 29.0 Å². The zero-order valence-electron chi connectivity index (χ0n) is 10.5. The molecule has 4 heteroatoms. The topological polar surface area (TPSA) is 28.2 Å². The summed E-state index contributed by atoms with van der Waals surface area (Å²) in [7, 11) is 2.21. The SMILES string of the molecule is CC(CNCc1ccncc1Cl)N(C)C1CC1.